The van der Waals surface area contributed by atoms with E-state index in [1.54, 1.807) is 0 Å². The molecule has 10 radical (unpaired) electrons. The van der Waals surface area contributed by atoms with Crippen LogP contribution in [0.4, 0.5) is 26.3 Å². The Hall–Kier alpha value is -0.601. The molecular formula is C34H38F6FeP2+2. The molecular weight excluding hydrogens is 640 g/mol. The monoisotopic (exact) mass is 678 g/mol. The maximum Gasteiger partial charge on any atom is 2.00 e. The predicted octanol–water partition coefficient (Wildman–Crippen LogP) is 10.4. The maximum absolute atomic E-state index is 13.3. The molecule has 4 rings (SSSR count). The fourth-order valence-corrected chi connectivity index (χ4v) is 13.1. The van der Waals surface area contributed by atoms with Crippen LogP contribution in [0.3, 0.4) is 0 Å². The minimum atomic E-state index is -4.47. The number of alkyl halides is 6. The van der Waals surface area contributed by atoms with Crippen molar-refractivity contribution >= 4 is 26.5 Å². The quantitative estimate of drug-likeness (QED) is 0.168. The molecule has 2 aromatic rings. The Kier molecular flexibility index (Phi) is 13.8. The topological polar surface area (TPSA) is 0 Å². The van der Waals surface area contributed by atoms with Crippen LogP contribution in [0.25, 0.3) is 0 Å². The van der Waals surface area contributed by atoms with Crippen LogP contribution in [0.1, 0.15) is 59.6 Å². The summed E-state index contributed by atoms with van der Waals surface area (Å²) in [5.74, 6) is 1.11. The van der Waals surface area contributed by atoms with Crippen molar-refractivity contribution < 1.29 is 43.4 Å². The van der Waals surface area contributed by atoms with Gasteiger partial charge in [0.15, 0.2) is 0 Å². The molecule has 0 aliphatic heterocycles. The van der Waals surface area contributed by atoms with Gasteiger partial charge < -0.3 is 0 Å². The second-order valence-corrected chi connectivity index (χ2v) is 18.5. The van der Waals surface area contributed by atoms with E-state index in [9.17, 15) is 26.3 Å². The first-order valence-electron chi connectivity index (χ1n) is 13.7. The molecule has 0 heterocycles. The van der Waals surface area contributed by atoms with E-state index in [0.29, 0.717) is 10.6 Å². The first-order chi connectivity index (χ1) is 19.3. The molecule has 0 amide bonds. The van der Waals surface area contributed by atoms with Gasteiger partial charge in [-0.1, -0.05) is 80.7 Å². The zero-order valence-electron chi connectivity index (χ0n) is 25.3. The number of hydrogen-bond donors (Lipinski definition) is 0. The summed E-state index contributed by atoms with van der Waals surface area (Å²) >= 11 is 0. The predicted molar refractivity (Wildman–Crippen MR) is 166 cm³/mol. The van der Waals surface area contributed by atoms with Crippen LogP contribution < -0.4 is 10.6 Å². The molecule has 2 aromatic carbocycles. The van der Waals surface area contributed by atoms with Crippen molar-refractivity contribution in [3.05, 3.63) is 123 Å². The van der Waals surface area contributed by atoms with Crippen molar-refractivity contribution in [2.45, 2.75) is 76.8 Å². The SMILES string of the molecule is C[C@@H]([C]1[CH][CH][CH][C]1P(c1ccc(C(F)(F)F)cc1)c1ccc(C(F)(F)F)cc1)P(C(C)(C)C)C(C)(C)C.[CH]1[CH][CH][CH][CH]1.[Fe+2]. The minimum absolute atomic E-state index is 0. The van der Waals surface area contributed by atoms with Gasteiger partial charge in [-0.25, -0.2) is 0 Å². The third-order valence-corrected chi connectivity index (χ3v) is 13.3. The van der Waals surface area contributed by atoms with Crippen molar-refractivity contribution in [3.8, 4) is 0 Å². The van der Waals surface area contributed by atoms with Gasteiger partial charge in [0.25, 0.3) is 0 Å². The Morgan fingerprint density at radius 1 is 0.535 bits per heavy atom. The van der Waals surface area contributed by atoms with Crippen LogP contribution in [0, 0.1) is 62.9 Å². The van der Waals surface area contributed by atoms with E-state index in [2.05, 4.69) is 54.9 Å². The Bertz CT molecular complexity index is 1030. The summed E-state index contributed by atoms with van der Waals surface area (Å²) < 4.78 is 79.5. The van der Waals surface area contributed by atoms with Gasteiger partial charge in [0.1, 0.15) is 0 Å². The molecule has 1 atom stereocenters. The van der Waals surface area contributed by atoms with Crippen LogP contribution in [-0.4, -0.2) is 16.0 Å². The van der Waals surface area contributed by atoms with Gasteiger partial charge in [-0.3, -0.25) is 0 Å². The average Bonchev–Trinajstić information content (AvgIpc) is 3.58. The molecule has 0 aromatic heterocycles. The molecule has 0 N–H and O–H groups in total. The van der Waals surface area contributed by atoms with E-state index in [1.807, 2.05) is 44.9 Å². The summed E-state index contributed by atoms with van der Waals surface area (Å²) in [5, 5.41) is 1.40. The number of rotatable bonds is 5. The van der Waals surface area contributed by atoms with Gasteiger partial charge in [0, 0.05) is 5.66 Å². The van der Waals surface area contributed by atoms with Crippen molar-refractivity contribution in [1.29, 1.82) is 0 Å². The molecule has 0 spiro atoms. The van der Waals surface area contributed by atoms with Crippen LogP contribution in [-0.2, 0) is 29.4 Å². The average molecular weight is 678 g/mol. The van der Waals surface area contributed by atoms with E-state index in [4.69, 9.17) is 0 Å². The summed E-state index contributed by atoms with van der Waals surface area (Å²) in [7, 11) is -1.94. The number of benzene rings is 2. The van der Waals surface area contributed by atoms with E-state index in [0.717, 1.165) is 35.8 Å². The summed E-state index contributed by atoms with van der Waals surface area (Å²) in [4.78, 5) is 0. The molecule has 2 saturated carbocycles. The molecule has 0 bridgehead atoms. The smallest absolute Gasteiger partial charge is 0.166 e. The minimum Gasteiger partial charge on any atom is -0.166 e. The van der Waals surface area contributed by atoms with Gasteiger partial charge in [-0.2, -0.15) is 26.3 Å². The Morgan fingerprint density at radius 2 is 0.884 bits per heavy atom. The third kappa shape index (κ3) is 10.5. The first-order valence-corrected chi connectivity index (χ1v) is 16.4. The normalized spacial score (nSPS) is 18.0. The summed E-state index contributed by atoms with van der Waals surface area (Å²) in [6.45, 7) is 15.6. The Morgan fingerprint density at radius 3 is 1.19 bits per heavy atom. The molecule has 9 heteroatoms. The fourth-order valence-electron chi connectivity index (χ4n) is 5.64. The van der Waals surface area contributed by atoms with Crippen molar-refractivity contribution in [1.82, 2.24) is 0 Å². The van der Waals surface area contributed by atoms with E-state index >= 15 is 0 Å². The van der Waals surface area contributed by atoms with Gasteiger partial charge in [-0.15, -0.1) is 0 Å². The largest absolute Gasteiger partial charge is 2.00 e. The van der Waals surface area contributed by atoms with Crippen LogP contribution >= 0.6 is 15.8 Å². The van der Waals surface area contributed by atoms with E-state index < -0.39 is 39.3 Å². The van der Waals surface area contributed by atoms with Crippen LogP contribution in [0.2, 0.25) is 0 Å². The molecule has 0 unspecified atom stereocenters. The van der Waals surface area contributed by atoms with Gasteiger partial charge in [0.2, 0.25) is 0 Å². The molecule has 2 aliphatic carbocycles. The van der Waals surface area contributed by atoms with Gasteiger partial charge in [0.05, 0.1) is 11.1 Å². The zero-order valence-corrected chi connectivity index (χ0v) is 28.2. The van der Waals surface area contributed by atoms with Gasteiger partial charge >= 0.3 is 29.4 Å². The molecule has 2 aliphatic rings. The van der Waals surface area contributed by atoms with Crippen molar-refractivity contribution in [2.24, 2.45) is 0 Å². The first kappa shape index (κ1) is 38.6. The molecule has 232 valence electrons. The zero-order chi connectivity index (χ0) is 31.5. The van der Waals surface area contributed by atoms with Gasteiger partial charge in [-0.05, 0) is 116 Å². The summed E-state index contributed by atoms with van der Waals surface area (Å²) in [6, 6.07) is 10.1. The second-order valence-electron chi connectivity index (χ2n) is 12.1. The Labute approximate surface area is 268 Å². The van der Waals surface area contributed by atoms with Crippen LogP contribution in [0.5, 0.6) is 0 Å². The van der Waals surface area contributed by atoms with E-state index in [-0.39, 0.29) is 33.0 Å². The molecule has 0 saturated heterocycles. The van der Waals surface area contributed by atoms with Crippen molar-refractivity contribution in [3.63, 3.8) is 0 Å². The Balaban J connectivity index is 0.000000973. The third-order valence-electron chi connectivity index (χ3n) is 6.81. The second kappa shape index (κ2) is 15.3. The number of hydrogen-bond acceptors (Lipinski definition) is 0. The standard InChI is InChI=1S/C29H33F6P2.C5H5.Fe/c1-19(37(26(2,3)4)27(5,6)7)24-9-8-10-25(24)36(22-15-11-20(12-16-22)28(30,31)32)23-17-13-21(14-18-23)29(33,34)35;1-2-4-5-3-1;/h8-19H,1-7H3;1-5H;/q;;+2/t19-;;/m0../s1. The molecule has 0 nitrogen and oxygen atoms in total. The maximum atomic E-state index is 13.3. The number of halogens is 6. The van der Waals surface area contributed by atoms with Crippen LogP contribution in [0.15, 0.2) is 48.5 Å². The summed E-state index contributed by atoms with van der Waals surface area (Å²) in [6.07, 6.45) is 7.06. The molecule has 2 fully saturated rings. The van der Waals surface area contributed by atoms with Crippen molar-refractivity contribution in [2.75, 3.05) is 0 Å². The van der Waals surface area contributed by atoms with E-state index in [1.165, 1.54) is 24.3 Å². The molecule has 43 heavy (non-hydrogen) atoms. The fraction of sp³-hybridized carbons (Fsp3) is 0.353. The summed E-state index contributed by atoms with van der Waals surface area (Å²) in [5.41, 5.74) is -0.352.